The van der Waals surface area contributed by atoms with E-state index in [1.807, 2.05) is 31.2 Å². The van der Waals surface area contributed by atoms with Crippen molar-refractivity contribution in [1.82, 2.24) is 0 Å². The van der Waals surface area contributed by atoms with Crippen LogP contribution in [0.25, 0.3) is 0 Å². The molecule has 0 radical (unpaired) electrons. The van der Waals surface area contributed by atoms with Crippen LogP contribution in [-0.4, -0.2) is 26.0 Å². The van der Waals surface area contributed by atoms with E-state index in [-0.39, 0.29) is 5.91 Å². The third-order valence-corrected chi connectivity index (χ3v) is 2.96. The summed E-state index contributed by atoms with van der Waals surface area (Å²) in [7, 11) is 2.93. The first-order valence-electron chi connectivity index (χ1n) is 5.74. The molecule has 4 heteroatoms. The highest BCUT2D eigenvalue weighted by Gasteiger charge is 2.39. The number of carbonyl (C=O) groups excluding carboxylic acids is 2. The largest absolute Gasteiger partial charge is 0.468 e. The zero-order chi connectivity index (χ0) is 13.9. The Morgan fingerprint density at radius 3 is 2.11 bits per heavy atom. The highest BCUT2D eigenvalue weighted by atomic mass is 16.5. The van der Waals surface area contributed by atoms with E-state index in [1.165, 1.54) is 12.0 Å². The third kappa shape index (κ3) is 2.70. The first-order valence-corrected chi connectivity index (χ1v) is 5.74. The van der Waals surface area contributed by atoms with E-state index in [0.29, 0.717) is 0 Å². The fourth-order valence-corrected chi connectivity index (χ4v) is 1.65. The minimum absolute atomic E-state index is 0.293. The average molecular weight is 249 g/mol. The van der Waals surface area contributed by atoms with Gasteiger partial charge in [0.1, 0.15) is 5.41 Å². The lowest BCUT2D eigenvalue weighted by molar-refractivity contribution is -0.155. The monoisotopic (exact) mass is 249 g/mol. The smallest absolute Gasteiger partial charge is 0.320 e. The van der Waals surface area contributed by atoms with Gasteiger partial charge >= 0.3 is 5.97 Å². The van der Waals surface area contributed by atoms with Crippen LogP contribution in [0, 0.1) is 12.3 Å². The number of methoxy groups -OCH3 is 1. The second kappa shape index (κ2) is 5.21. The second-order valence-corrected chi connectivity index (χ2v) is 4.82. The van der Waals surface area contributed by atoms with Crippen molar-refractivity contribution in [1.29, 1.82) is 0 Å². The molecule has 1 amide bonds. The number of anilines is 1. The zero-order valence-electron chi connectivity index (χ0n) is 11.5. The van der Waals surface area contributed by atoms with Gasteiger partial charge in [0.25, 0.3) is 0 Å². The number of nitrogens with zero attached hydrogens (tertiary/aromatic N) is 1. The molecule has 0 aromatic heterocycles. The van der Waals surface area contributed by atoms with Crippen molar-refractivity contribution in [3.05, 3.63) is 29.8 Å². The van der Waals surface area contributed by atoms with E-state index >= 15 is 0 Å². The van der Waals surface area contributed by atoms with Crippen LogP contribution >= 0.6 is 0 Å². The standard InChI is InChI=1S/C14H19NO3/c1-10-6-8-11(9-7-10)15(4)12(16)14(2,3)13(17)18-5/h6-9H,1-5H3. The van der Waals surface area contributed by atoms with Crippen LogP contribution in [0.15, 0.2) is 24.3 Å². The van der Waals surface area contributed by atoms with Crippen molar-refractivity contribution in [2.75, 3.05) is 19.1 Å². The van der Waals surface area contributed by atoms with Gasteiger partial charge in [-0.05, 0) is 32.9 Å². The Balaban J connectivity index is 2.97. The lowest BCUT2D eigenvalue weighted by Gasteiger charge is -2.27. The Labute approximate surface area is 108 Å². The van der Waals surface area contributed by atoms with E-state index in [1.54, 1.807) is 20.9 Å². The van der Waals surface area contributed by atoms with Crippen molar-refractivity contribution < 1.29 is 14.3 Å². The van der Waals surface area contributed by atoms with Crippen LogP contribution in [0.1, 0.15) is 19.4 Å². The molecule has 0 bridgehead atoms. The Kier molecular flexibility index (Phi) is 4.11. The van der Waals surface area contributed by atoms with Gasteiger partial charge in [-0.3, -0.25) is 9.59 Å². The van der Waals surface area contributed by atoms with Gasteiger partial charge in [0.2, 0.25) is 5.91 Å². The number of hydrogen-bond donors (Lipinski definition) is 0. The molecule has 18 heavy (non-hydrogen) atoms. The van der Waals surface area contributed by atoms with Crippen molar-refractivity contribution in [2.45, 2.75) is 20.8 Å². The molecule has 0 saturated carbocycles. The van der Waals surface area contributed by atoms with Crippen molar-refractivity contribution >= 4 is 17.6 Å². The van der Waals surface area contributed by atoms with Crippen LogP contribution in [-0.2, 0) is 14.3 Å². The fourth-order valence-electron chi connectivity index (χ4n) is 1.65. The maximum Gasteiger partial charge on any atom is 0.320 e. The third-order valence-electron chi connectivity index (χ3n) is 2.96. The predicted octanol–water partition coefficient (Wildman–Crippen LogP) is 2.16. The van der Waals surface area contributed by atoms with E-state index in [4.69, 9.17) is 0 Å². The molecule has 1 rings (SSSR count). The lowest BCUT2D eigenvalue weighted by atomic mass is 9.91. The van der Waals surface area contributed by atoms with Crippen LogP contribution in [0.2, 0.25) is 0 Å². The number of amides is 1. The van der Waals surface area contributed by atoms with E-state index in [2.05, 4.69) is 4.74 Å². The zero-order valence-corrected chi connectivity index (χ0v) is 11.5. The Morgan fingerprint density at radius 2 is 1.67 bits per heavy atom. The summed E-state index contributed by atoms with van der Waals surface area (Å²) in [4.78, 5) is 25.3. The molecule has 0 N–H and O–H groups in total. The molecule has 0 spiro atoms. The number of aryl methyl sites for hydroxylation is 1. The van der Waals surface area contributed by atoms with Crippen molar-refractivity contribution in [2.24, 2.45) is 5.41 Å². The summed E-state index contributed by atoms with van der Waals surface area (Å²) < 4.78 is 4.65. The predicted molar refractivity (Wildman–Crippen MR) is 70.4 cm³/mol. The normalized spacial score (nSPS) is 10.9. The number of rotatable bonds is 3. The summed E-state index contributed by atoms with van der Waals surface area (Å²) in [6.45, 7) is 5.10. The molecular formula is C14H19NO3. The van der Waals surface area contributed by atoms with Crippen LogP contribution in [0.3, 0.4) is 0 Å². The number of ether oxygens (including phenoxy) is 1. The maximum atomic E-state index is 12.3. The fraction of sp³-hybridized carbons (Fsp3) is 0.429. The summed E-state index contributed by atoms with van der Waals surface area (Å²) >= 11 is 0. The number of carbonyl (C=O) groups is 2. The van der Waals surface area contributed by atoms with E-state index < -0.39 is 11.4 Å². The molecule has 1 aromatic rings. The van der Waals surface area contributed by atoms with Crippen LogP contribution < -0.4 is 4.90 Å². The van der Waals surface area contributed by atoms with Gasteiger partial charge in [0.15, 0.2) is 0 Å². The maximum absolute atomic E-state index is 12.3. The summed E-state index contributed by atoms with van der Waals surface area (Å²) in [6.07, 6.45) is 0. The number of esters is 1. The van der Waals surface area contributed by atoms with Gasteiger partial charge in [-0.25, -0.2) is 0 Å². The molecular weight excluding hydrogens is 230 g/mol. The quantitative estimate of drug-likeness (QED) is 0.609. The molecule has 0 saturated heterocycles. The molecule has 0 heterocycles. The summed E-state index contributed by atoms with van der Waals surface area (Å²) in [6, 6.07) is 7.54. The van der Waals surface area contributed by atoms with Crippen LogP contribution in [0.4, 0.5) is 5.69 Å². The molecule has 0 fully saturated rings. The second-order valence-electron chi connectivity index (χ2n) is 4.82. The Morgan fingerprint density at radius 1 is 1.17 bits per heavy atom. The average Bonchev–Trinajstić information content (AvgIpc) is 2.36. The first-order chi connectivity index (χ1) is 8.30. The summed E-state index contributed by atoms with van der Waals surface area (Å²) in [5, 5.41) is 0. The Bertz CT molecular complexity index is 449. The molecule has 0 aliphatic rings. The van der Waals surface area contributed by atoms with Crippen molar-refractivity contribution in [3.8, 4) is 0 Å². The topological polar surface area (TPSA) is 46.6 Å². The van der Waals surface area contributed by atoms with E-state index in [9.17, 15) is 9.59 Å². The molecule has 98 valence electrons. The van der Waals surface area contributed by atoms with Crippen molar-refractivity contribution in [3.63, 3.8) is 0 Å². The molecule has 0 unspecified atom stereocenters. The number of benzene rings is 1. The van der Waals surface area contributed by atoms with Gasteiger partial charge in [-0.1, -0.05) is 17.7 Å². The van der Waals surface area contributed by atoms with Gasteiger partial charge in [-0.2, -0.15) is 0 Å². The summed E-state index contributed by atoms with van der Waals surface area (Å²) in [5.41, 5.74) is 0.684. The van der Waals surface area contributed by atoms with Gasteiger partial charge in [0, 0.05) is 12.7 Å². The molecule has 0 aliphatic carbocycles. The van der Waals surface area contributed by atoms with E-state index in [0.717, 1.165) is 11.3 Å². The van der Waals surface area contributed by atoms with Crippen LogP contribution in [0.5, 0.6) is 0 Å². The minimum Gasteiger partial charge on any atom is -0.468 e. The molecule has 0 aliphatic heterocycles. The highest BCUT2D eigenvalue weighted by molar-refractivity contribution is 6.09. The Hall–Kier alpha value is -1.84. The lowest BCUT2D eigenvalue weighted by Crippen LogP contribution is -2.44. The number of hydrogen-bond acceptors (Lipinski definition) is 3. The first kappa shape index (κ1) is 14.2. The molecule has 1 aromatic carbocycles. The minimum atomic E-state index is -1.19. The molecule has 0 atom stereocenters. The van der Waals surface area contributed by atoms with Gasteiger partial charge in [-0.15, -0.1) is 0 Å². The van der Waals surface area contributed by atoms with Gasteiger partial charge in [0.05, 0.1) is 7.11 Å². The van der Waals surface area contributed by atoms with Gasteiger partial charge < -0.3 is 9.64 Å². The summed E-state index contributed by atoms with van der Waals surface area (Å²) in [5.74, 6) is -0.829. The molecule has 4 nitrogen and oxygen atoms in total. The SMILES string of the molecule is COC(=O)C(C)(C)C(=O)N(C)c1ccc(C)cc1. The highest BCUT2D eigenvalue weighted by Crippen LogP contribution is 2.24.